The fourth-order valence-corrected chi connectivity index (χ4v) is 1.77. The number of aromatic nitrogens is 1. The SMILES string of the molecule is [OH2+]c1c(Cl)cc(Cl)cc1C=N[N-]c1ccccn1.[Zn+2]. The van der Waals surface area contributed by atoms with Crippen LogP contribution in [0.15, 0.2) is 41.6 Å². The zero-order chi connectivity index (χ0) is 13.0. The van der Waals surface area contributed by atoms with Crippen LogP contribution < -0.4 is 0 Å². The van der Waals surface area contributed by atoms with E-state index >= 15 is 0 Å². The standard InChI is InChI=1S/C12H8Cl2N3O.Zn/c13-9-5-8(12(18)10(14)6-9)7-16-17-11-3-1-2-4-15-11;/h1-7H,(H-,15,16,17,18);/q-1;+2/p+1. The van der Waals surface area contributed by atoms with Crippen molar-refractivity contribution in [1.29, 1.82) is 0 Å². The van der Waals surface area contributed by atoms with E-state index in [0.29, 0.717) is 16.4 Å². The van der Waals surface area contributed by atoms with Crippen LogP contribution in [0.4, 0.5) is 5.82 Å². The van der Waals surface area contributed by atoms with E-state index in [-0.39, 0.29) is 30.3 Å². The molecule has 2 aromatic rings. The minimum Gasteiger partial charge on any atom is -0.592 e. The molecule has 7 heteroatoms. The van der Waals surface area contributed by atoms with Crippen LogP contribution in [0.2, 0.25) is 10.0 Å². The van der Waals surface area contributed by atoms with E-state index in [4.69, 9.17) is 28.3 Å². The number of pyridine rings is 1. The van der Waals surface area contributed by atoms with Gasteiger partial charge in [0.25, 0.3) is 5.75 Å². The minimum absolute atomic E-state index is 0. The second-order valence-electron chi connectivity index (χ2n) is 3.38. The third-order valence-electron chi connectivity index (χ3n) is 2.09. The van der Waals surface area contributed by atoms with Crippen molar-refractivity contribution in [2.75, 3.05) is 0 Å². The van der Waals surface area contributed by atoms with Crippen molar-refractivity contribution in [1.82, 2.24) is 4.98 Å². The van der Waals surface area contributed by atoms with Gasteiger partial charge in [0.05, 0.1) is 5.56 Å². The summed E-state index contributed by atoms with van der Waals surface area (Å²) in [6.07, 6.45) is 3.05. The molecule has 2 N–H and O–H groups in total. The van der Waals surface area contributed by atoms with Crippen molar-refractivity contribution in [3.05, 3.63) is 57.6 Å². The number of rotatable bonds is 3. The number of halogens is 2. The van der Waals surface area contributed by atoms with Gasteiger partial charge in [-0.2, -0.15) is 0 Å². The molecule has 0 atom stereocenters. The Labute approximate surface area is 133 Å². The summed E-state index contributed by atoms with van der Waals surface area (Å²) in [6, 6.07) is 8.45. The molecule has 92 valence electrons. The molecule has 1 aromatic heterocycles. The molecule has 1 aromatic carbocycles. The summed E-state index contributed by atoms with van der Waals surface area (Å²) in [7, 11) is 0. The van der Waals surface area contributed by atoms with Crippen LogP contribution in [0.25, 0.3) is 5.43 Å². The average Bonchev–Trinajstić information content (AvgIpc) is 2.36. The van der Waals surface area contributed by atoms with E-state index in [1.54, 1.807) is 24.4 Å². The zero-order valence-corrected chi connectivity index (χ0v) is 14.3. The summed E-state index contributed by atoms with van der Waals surface area (Å²) in [5, 5.41) is 12.3. The summed E-state index contributed by atoms with van der Waals surface area (Å²) in [4.78, 5) is 3.99. The maximum Gasteiger partial charge on any atom is 2.00 e. The van der Waals surface area contributed by atoms with E-state index < -0.39 is 0 Å². The number of hydrogen-bond acceptors (Lipinski definition) is 2. The van der Waals surface area contributed by atoms with Crippen molar-refractivity contribution in [3.63, 3.8) is 0 Å². The molecule has 0 aliphatic heterocycles. The third kappa shape index (κ3) is 4.46. The van der Waals surface area contributed by atoms with Gasteiger partial charge in [-0.3, -0.25) is 5.10 Å². The quantitative estimate of drug-likeness (QED) is 0.360. The second kappa shape index (κ2) is 7.44. The van der Waals surface area contributed by atoms with Crippen molar-refractivity contribution < 1.29 is 24.6 Å². The fourth-order valence-electron chi connectivity index (χ4n) is 1.26. The third-order valence-corrected chi connectivity index (χ3v) is 2.61. The minimum atomic E-state index is 0. The van der Waals surface area contributed by atoms with Gasteiger partial charge in [0.2, 0.25) is 0 Å². The number of nitrogens with zero attached hydrogens (tertiary/aromatic N) is 3. The molecule has 0 saturated carbocycles. The van der Waals surface area contributed by atoms with Gasteiger partial charge in [-0.25, -0.2) is 0 Å². The Morgan fingerprint density at radius 2 is 2.05 bits per heavy atom. The Bertz CT molecular complexity index is 579. The van der Waals surface area contributed by atoms with Gasteiger partial charge in [0.1, 0.15) is 5.02 Å². The summed E-state index contributed by atoms with van der Waals surface area (Å²) in [5.41, 5.74) is 4.40. The molecule has 0 aliphatic carbocycles. The smallest absolute Gasteiger partial charge is 0.592 e. The van der Waals surface area contributed by atoms with Crippen molar-refractivity contribution >= 4 is 35.2 Å². The Morgan fingerprint density at radius 1 is 1.26 bits per heavy atom. The van der Waals surface area contributed by atoms with Crippen LogP contribution in [0.5, 0.6) is 5.75 Å². The van der Waals surface area contributed by atoms with Crippen LogP contribution in [0.1, 0.15) is 5.56 Å². The summed E-state index contributed by atoms with van der Waals surface area (Å²) in [5.74, 6) is 0.662. The zero-order valence-electron chi connectivity index (χ0n) is 9.85. The molecule has 1 heterocycles. The normalized spacial score (nSPS) is 10.2. The molecule has 0 fully saturated rings. The van der Waals surface area contributed by atoms with Crippen LogP contribution in [0.3, 0.4) is 0 Å². The van der Waals surface area contributed by atoms with Gasteiger partial charge in [-0.15, -0.1) is 0 Å². The molecular weight excluding hydrogens is 338 g/mol. The van der Waals surface area contributed by atoms with Gasteiger partial charge < -0.3 is 15.5 Å². The van der Waals surface area contributed by atoms with Crippen LogP contribution in [0, 0.1) is 0 Å². The van der Waals surface area contributed by atoms with Gasteiger partial charge in [0.15, 0.2) is 0 Å². The molecule has 2 rings (SSSR count). The fraction of sp³-hybridized carbons (Fsp3) is 0. The molecule has 19 heavy (non-hydrogen) atoms. The predicted molar refractivity (Wildman–Crippen MR) is 74.4 cm³/mol. The summed E-state index contributed by atoms with van der Waals surface area (Å²) >= 11 is 11.7. The van der Waals surface area contributed by atoms with Gasteiger partial charge in [-0.1, -0.05) is 47.6 Å². The first-order chi connectivity index (χ1) is 8.66. The summed E-state index contributed by atoms with van der Waals surface area (Å²) < 4.78 is 0. The molecule has 0 bridgehead atoms. The Kier molecular flexibility index (Phi) is 6.22. The second-order valence-corrected chi connectivity index (χ2v) is 4.23. The van der Waals surface area contributed by atoms with Crippen LogP contribution >= 0.6 is 23.2 Å². The number of hydrogen-bond donors (Lipinski definition) is 0. The van der Waals surface area contributed by atoms with Gasteiger partial charge in [-0.05, 0) is 18.0 Å². The molecule has 0 amide bonds. The van der Waals surface area contributed by atoms with Crippen LogP contribution in [-0.4, -0.2) is 16.3 Å². The van der Waals surface area contributed by atoms with Crippen LogP contribution in [-0.2, 0) is 19.5 Å². The Hall–Kier alpha value is -1.16. The first-order valence-electron chi connectivity index (χ1n) is 5.02. The molecule has 0 radical (unpaired) electrons. The Morgan fingerprint density at radius 3 is 2.74 bits per heavy atom. The largest absolute Gasteiger partial charge is 2.00 e. The van der Waals surface area contributed by atoms with Crippen molar-refractivity contribution in [2.45, 2.75) is 0 Å². The molecular formula is C12H9Cl2N3OZn+2. The molecule has 0 saturated heterocycles. The van der Waals surface area contributed by atoms with E-state index in [2.05, 4.69) is 15.5 Å². The van der Waals surface area contributed by atoms with Crippen molar-refractivity contribution in [3.8, 4) is 5.75 Å². The predicted octanol–water partition coefficient (Wildman–Crippen LogP) is 3.86. The van der Waals surface area contributed by atoms with Gasteiger partial charge in [0, 0.05) is 11.2 Å². The average molecular weight is 348 g/mol. The maximum atomic E-state index is 7.74. The monoisotopic (exact) mass is 345 g/mol. The van der Waals surface area contributed by atoms with Gasteiger partial charge >= 0.3 is 19.5 Å². The van der Waals surface area contributed by atoms with E-state index in [1.165, 1.54) is 12.3 Å². The maximum absolute atomic E-state index is 7.74. The molecule has 0 aliphatic rings. The van der Waals surface area contributed by atoms with E-state index in [9.17, 15) is 0 Å². The first-order valence-corrected chi connectivity index (χ1v) is 5.78. The van der Waals surface area contributed by atoms with Crippen molar-refractivity contribution in [2.24, 2.45) is 5.10 Å². The molecule has 4 nitrogen and oxygen atoms in total. The molecule has 0 spiro atoms. The topological polar surface area (TPSA) is 62.2 Å². The number of benzene rings is 1. The van der Waals surface area contributed by atoms with E-state index in [0.717, 1.165) is 0 Å². The first kappa shape index (κ1) is 15.9. The summed E-state index contributed by atoms with van der Waals surface area (Å²) in [6.45, 7) is 0. The van der Waals surface area contributed by atoms with E-state index in [1.807, 2.05) is 6.07 Å². The molecule has 0 unspecified atom stereocenters. The Balaban J connectivity index is 0.00000180.